The van der Waals surface area contributed by atoms with Gasteiger partial charge in [-0.25, -0.2) is 0 Å². The summed E-state index contributed by atoms with van der Waals surface area (Å²) in [7, 11) is 1.93. The summed E-state index contributed by atoms with van der Waals surface area (Å²) >= 11 is 0. The van der Waals surface area contributed by atoms with Gasteiger partial charge in [0, 0.05) is 30.2 Å². The lowest BCUT2D eigenvalue weighted by Crippen LogP contribution is -2.20. The van der Waals surface area contributed by atoms with Crippen LogP contribution in [0.5, 0.6) is 0 Å². The Labute approximate surface area is 123 Å². The zero-order valence-electron chi connectivity index (χ0n) is 13.3. The minimum Gasteiger partial charge on any atom is -0.378 e. The monoisotopic (exact) mass is 276 g/mol. The van der Waals surface area contributed by atoms with Gasteiger partial charge in [-0.2, -0.15) is 0 Å². The van der Waals surface area contributed by atoms with Gasteiger partial charge >= 0.3 is 0 Å². The summed E-state index contributed by atoms with van der Waals surface area (Å²) in [5.74, 6) is 0. The maximum absolute atomic E-state index is 5.51. The smallest absolute Gasteiger partial charge is 0.0622 e. The van der Waals surface area contributed by atoms with E-state index in [-0.39, 0.29) is 0 Å². The highest BCUT2D eigenvalue weighted by molar-refractivity contribution is 5.59. The van der Waals surface area contributed by atoms with Crippen molar-refractivity contribution >= 4 is 6.21 Å². The molecule has 4 nitrogen and oxygen atoms in total. The minimum absolute atomic E-state index is 0.416. The first-order valence-corrected chi connectivity index (χ1v) is 6.92. The van der Waals surface area contributed by atoms with Crippen molar-refractivity contribution in [1.29, 1.82) is 0 Å². The van der Waals surface area contributed by atoms with Crippen molar-refractivity contribution in [2.45, 2.75) is 27.7 Å². The first-order valence-electron chi connectivity index (χ1n) is 6.92. The Morgan fingerprint density at radius 3 is 2.40 bits per heavy atom. The summed E-state index contributed by atoms with van der Waals surface area (Å²) in [6, 6.07) is 0. The summed E-state index contributed by atoms with van der Waals surface area (Å²) in [6.45, 7) is 9.16. The number of nitrogens with two attached hydrogens (primary N) is 1. The van der Waals surface area contributed by atoms with E-state index >= 15 is 0 Å². The van der Waals surface area contributed by atoms with Gasteiger partial charge in [-0.3, -0.25) is 4.99 Å². The Morgan fingerprint density at radius 2 is 1.95 bits per heavy atom. The van der Waals surface area contributed by atoms with Crippen LogP contribution in [0, 0.1) is 0 Å². The molecule has 0 bridgehead atoms. The van der Waals surface area contributed by atoms with Crippen molar-refractivity contribution < 1.29 is 0 Å². The first kappa shape index (κ1) is 18.4. The Morgan fingerprint density at radius 1 is 1.25 bits per heavy atom. The van der Waals surface area contributed by atoms with E-state index in [9.17, 15) is 0 Å². The fraction of sp³-hybridized carbons (Fsp3) is 0.438. The van der Waals surface area contributed by atoms with Crippen molar-refractivity contribution in [3.8, 4) is 0 Å². The number of nitrogens with zero attached hydrogens (tertiary/aromatic N) is 1. The molecule has 0 fully saturated rings. The maximum Gasteiger partial charge on any atom is 0.0622 e. The number of aliphatic imine (C=N–C) groups is 1. The van der Waals surface area contributed by atoms with Gasteiger partial charge in [0.2, 0.25) is 0 Å². The molecule has 0 heterocycles. The van der Waals surface area contributed by atoms with Crippen LogP contribution >= 0.6 is 0 Å². The second-order valence-electron chi connectivity index (χ2n) is 4.20. The van der Waals surface area contributed by atoms with Crippen LogP contribution in [0.4, 0.5) is 0 Å². The molecular weight excluding hydrogens is 248 g/mol. The van der Waals surface area contributed by atoms with E-state index in [1.807, 2.05) is 53.2 Å². The van der Waals surface area contributed by atoms with Gasteiger partial charge in [-0.1, -0.05) is 18.2 Å². The van der Waals surface area contributed by atoms with Gasteiger partial charge < -0.3 is 16.4 Å². The lowest BCUT2D eigenvalue weighted by Gasteiger charge is -2.15. The first-order chi connectivity index (χ1) is 9.65. The second-order valence-corrected chi connectivity index (χ2v) is 4.20. The summed E-state index contributed by atoms with van der Waals surface area (Å²) in [5, 5.41) is 6.25. The van der Waals surface area contributed by atoms with Crippen molar-refractivity contribution in [3.63, 3.8) is 0 Å². The van der Waals surface area contributed by atoms with E-state index in [0.29, 0.717) is 6.67 Å². The van der Waals surface area contributed by atoms with Crippen molar-refractivity contribution in [2.24, 2.45) is 10.7 Å². The van der Waals surface area contributed by atoms with E-state index in [4.69, 9.17) is 5.73 Å². The van der Waals surface area contributed by atoms with Gasteiger partial charge in [0.05, 0.1) is 6.67 Å². The molecule has 0 aliphatic rings. The van der Waals surface area contributed by atoms with Crippen LogP contribution in [-0.4, -0.2) is 26.5 Å². The summed E-state index contributed by atoms with van der Waals surface area (Å²) in [4.78, 5) is 4.40. The molecule has 0 saturated heterocycles. The van der Waals surface area contributed by atoms with Crippen molar-refractivity contribution in [2.75, 3.05) is 20.3 Å². The molecule has 0 aromatic rings. The molecule has 4 N–H and O–H groups in total. The van der Waals surface area contributed by atoms with Crippen LogP contribution in [0.15, 0.2) is 51.8 Å². The molecule has 0 unspecified atom stereocenters. The van der Waals surface area contributed by atoms with Crippen molar-refractivity contribution in [1.82, 2.24) is 10.6 Å². The molecule has 0 aromatic heterocycles. The fourth-order valence-corrected chi connectivity index (χ4v) is 1.95. The lowest BCUT2D eigenvalue weighted by atomic mass is 9.96. The Hall–Kier alpha value is -1.65. The SMILES string of the molecule is C\C=C/C(C(=C\C)/C(=C/NCN)CNC)=C(C)/N=C\C. The van der Waals surface area contributed by atoms with E-state index in [2.05, 4.69) is 27.8 Å². The summed E-state index contributed by atoms with van der Waals surface area (Å²) < 4.78 is 0. The minimum atomic E-state index is 0.416. The molecule has 0 rings (SSSR count). The van der Waals surface area contributed by atoms with Crippen LogP contribution in [0.1, 0.15) is 27.7 Å². The molecule has 0 spiro atoms. The standard InChI is InChI=1S/C16H28N4/c1-6-9-16(13(4)20-8-3)15(7-2)14(10-18-5)11-19-12-17/h6-9,11,18-19H,10,12,17H2,1-5H3/b9-6-,14-11+,15-7-,16-13-,20-8-. The van der Waals surface area contributed by atoms with Gasteiger partial charge in [-0.05, 0) is 45.9 Å². The van der Waals surface area contributed by atoms with E-state index < -0.39 is 0 Å². The Balaban J connectivity index is 5.74. The molecule has 0 radical (unpaired) electrons. The maximum atomic E-state index is 5.51. The molecule has 0 atom stereocenters. The predicted octanol–water partition coefficient (Wildman–Crippen LogP) is 2.48. The average Bonchev–Trinajstić information content (AvgIpc) is 2.44. The molecule has 20 heavy (non-hydrogen) atoms. The zero-order valence-corrected chi connectivity index (χ0v) is 13.3. The van der Waals surface area contributed by atoms with Crippen LogP contribution in [0.25, 0.3) is 0 Å². The largest absolute Gasteiger partial charge is 0.378 e. The van der Waals surface area contributed by atoms with Gasteiger partial charge in [0.15, 0.2) is 0 Å². The molecule has 0 amide bonds. The average molecular weight is 276 g/mol. The normalized spacial score (nSPS) is 15.1. The number of hydrogen-bond acceptors (Lipinski definition) is 4. The van der Waals surface area contributed by atoms with Gasteiger partial charge in [-0.15, -0.1) is 0 Å². The third kappa shape index (κ3) is 5.99. The van der Waals surface area contributed by atoms with E-state index in [1.165, 1.54) is 0 Å². The molecule has 0 aliphatic carbocycles. The third-order valence-electron chi connectivity index (χ3n) is 2.73. The fourth-order valence-electron chi connectivity index (χ4n) is 1.95. The molecule has 0 aromatic carbocycles. The summed E-state index contributed by atoms with van der Waals surface area (Å²) in [5.41, 5.74) is 9.93. The number of hydrogen-bond donors (Lipinski definition) is 3. The zero-order chi connectivity index (χ0) is 15.4. The van der Waals surface area contributed by atoms with E-state index in [0.717, 1.165) is 29.0 Å². The predicted molar refractivity (Wildman–Crippen MR) is 89.6 cm³/mol. The van der Waals surface area contributed by atoms with Crippen molar-refractivity contribution in [3.05, 3.63) is 46.8 Å². The molecule has 112 valence electrons. The highest BCUT2D eigenvalue weighted by Gasteiger charge is 2.10. The number of rotatable bonds is 8. The number of nitrogens with one attached hydrogen (secondary N) is 2. The Kier molecular flexibility index (Phi) is 10.3. The van der Waals surface area contributed by atoms with Gasteiger partial charge in [0.25, 0.3) is 0 Å². The number of allylic oxidation sites excluding steroid dienone is 5. The quantitative estimate of drug-likeness (QED) is 0.362. The van der Waals surface area contributed by atoms with Crippen LogP contribution < -0.4 is 16.4 Å². The number of likely N-dealkylation sites (N-methyl/N-ethyl adjacent to an activating group) is 1. The summed E-state index contributed by atoms with van der Waals surface area (Å²) in [6.07, 6.45) is 9.99. The Bertz CT molecular complexity index is 426. The molecule has 0 saturated carbocycles. The van der Waals surface area contributed by atoms with Crippen LogP contribution in [0.3, 0.4) is 0 Å². The van der Waals surface area contributed by atoms with Crippen LogP contribution in [-0.2, 0) is 0 Å². The van der Waals surface area contributed by atoms with Crippen LogP contribution in [0.2, 0.25) is 0 Å². The van der Waals surface area contributed by atoms with Gasteiger partial charge in [0.1, 0.15) is 0 Å². The second kappa shape index (κ2) is 11.2. The topological polar surface area (TPSA) is 62.4 Å². The third-order valence-corrected chi connectivity index (χ3v) is 2.73. The highest BCUT2D eigenvalue weighted by atomic mass is 14.9. The molecule has 4 heteroatoms. The molecular formula is C16H28N4. The molecule has 0 aliphatic heterocycles. The highest BCUT2D eigenvalue weighted by Crippen LogP contribution is 2.24. The van der Waals surface area contributed by atoms with E-state index in [1.54, 1.807) is 0 Å². The lowest BCUT2D eigenvalue weighted by molar-refractivity contribution is 0.838.